The molecule has 0 aromatic carbocycles. The highest BCUT2D eigenvalue weighted by atomic mass is 16.4. The molecule has 2 amide bonds. The molecule has 0 aromatic heterocycles. The van der Waals surface area contributed by atoms with E-state index in [0.29, 0.717) is 25.9 Å². The molecule has 1 saturated heterocycles. The highest BCUT2D eigenvalue weighted by molar-refractivity contribution is 5.78. The normalized spacial score (nSPS) is 22.8. The van der Waals surface area contributed by atoms with Crippen LogP contribution in [0.5, 0.6) is 0 Å². The average molecular weight is 238 g/mol. The summed E-state index contributed by atoms with van der Waals surface area (Å²) in [4.78, 5) is 24.2. The third-order valence-electron chi connectivity index (χ3n) is 3.04. The van der Waals surface area contributed by atoms with Crippen molar-refractivity contribution in [3.8, 4) is 11.8 Å². The highest BCUT2D eigenvalue weighted by Gasteiger charge is 2.37. The van der Waals surface area contributed by atoms with Crippen molar-refractivity contribution in [3.05, 3.63) is 0 Å². The van der Waals surface area contributed by atoms with Crippen molar-refractivity contribution < 1.29 is 14.7 Å². The van der Waals surface area contributed by atoms with Crippen molar-refractivity contribution >= 4 is 12.0 Å². The van der Waals surface area contributed by atoms with Gasteiger partial charge in [-0.15, -0.1) is 11.8 Å². The van der Waals surface area contributed by atoms with Crippen LogP contribution in [0, 0.1) is 17.8 Å². The van der Waals surface area contributed by atoms with Gasteiger partial charge in [0, 0.05) is 25.6 Å². The van der Waals surface area contributed by atoms with Crippen LogP contribution >= 0.6 is 0 Å². The van der Waals surface area contributed by atoms with Gasteiger partial charge in [0.05, 0.1) is 5.92 Å². The summed E-state index contributed by atoms with van der Waals surface area (Å²) in [5, 5.41) is 11.7. The van der Waals surface area contributed by atoms with Crippen LogP contribution in [0.25, 0.3) is 0 Å². The fourth-order valence-corrected chi connectivity index (χ4v) is 2.02. The molecule has 1 fully saturated rings. The Labute approximate surface area is 101 Å². The molecule has 0 radical (unpaired) electrons. The molecule has 1 heterocycles. The molecule has 2 atom stereocenters. The number of amides is 2. The van der Waals surface area contributed by atoms with Crippen LogP contribution in [-0.4, -0.2) is 41.1 Å². The molecular weight excluding hydrogens is 220 g/mol. The molecule has 1 rings (SSSR count). The van der Waals surface area contributed by atoms with Crippen molar-refractivity contribution in [1.82, 2.24) is 10.2 Å². The van der Waals surface area contributed by atoms with Gasteiger partial charge in [-0.3, -0.25) is 4.79 Å². The van der Waals surface area contributed by atoms with E-state index < -0.39 is 11.9 Å². The minimum Gasteiger partial charge on any atom is -0.481 e. The lowest BCUT2D eigenvalue weighted by molar-refractivity contribution is -0.142. The summed E-state index contributed by atoms with van der Waals surface area (Å²) in [5.74, 6) is 4.33. The minimum atomic E-state index is -0.829. The maximum absolute atomic E-state index is 11.8. The summed E-state index contributed by atoms with van der Waals surface area (Å²) in [6, 6.07) is -0.441. The topological polar surface area (TPSA) is 69.6 Å². The van der Waals surface area contributed by atoms with Crippen LogP contribution in [0.4, 0.5) is 4.79 Å². The van der Waals surface area contributed by atoms with E-state index >= 15 is 0 Å². The number of urea groups is 1. The van der Waals surface area contributed by atoms with E-state index in [1.165, 1.54) is 0 Å². The molecule has 5 nitrogen and oxygen atoms in total. The summed E-state index contributed by atoms with van der Waals surface area (Å²) in [5.41, 5.74) is 0. The lowest BCUT2D eigenvalue weighted by Gasteiger charge is -2.23. The predicted molar refractivity (Wildman–Crippen MR) is 63.4 cm³/mol. The highest BCUT2D eigenvalue weighted by Crippen LogP contribution is 2.24. The summed E-state index contributed by atoms with van der Waals surface area (Å²) >= 11 is 0. The number of nitrogens with one attached hydrogen (secondary N) is 1. The fourth-order valence-electron chi connectivity index (χ4n) is 2.02. The number of hydrogen-bond donors (Lipinski definition) is 2. The van der Waals surface area contributed by atoms with Crippen molar-refractivity contribution in [1.29, 1.82) is 0 Å². The first-order chi connectivity index (χ1) is 8.07. The molecule has 5 heteroatoms. The van der Waals surface area contributed by atoms with Crippen LogP contribution in [0.15, 0.2) is 0 Å². The predicted octanol–water partition coefficient (Wildman–Crippen LogP) is 0.904. The van der Waals surface area contributed by atoms with Crippen LogP contribution in [0.1, 0.15) is 26.7 Å². The van der Waals surface area contributed by atoms with Gasteiger partial charge in [0.2, 0.25) is 0 Å². The number of carbonyl (C=O) groups is 2. The van der Waals surface area contributed by atoms with Crippen LogP contribution in [-0.2, 0) is 4.79 Å². The number of rotatable bonds is 3. The number of carboxylic acid groups (broad SMARTS) is 1. The molecule has 94 valence electrons. The number of hydrogen-bond acceptors (Lipinski definition) is 2. The third-order valence-corrected chi connectivity index (χ3v) is 3.04. The van der Waals surface area contributed by atoms with Crippen molar-refractivity contribution in [2.24, 2.45) is 5.92 Å². The Kier molecular flexibility index (Phi) is 4.83. The minimum absolute atomic E-state index is 0.195. The molecular formula is C12H18N2O3. The second kappa shape index (κ2) is 6.14. The first-order valence-electron chi connectivity index (χ1n) is 5.74. The number of aliphatic carboxylic acids is 1. The first kappa shape index (κ1) is 13.4. The summed E-state index contributed by atoms with van der Waals surface area (Å²) in [6.07, 6.45) is 1.14. The summed E-state index contributed by atoms with van der Waals surface area (Å²) < 4.78 is 0. The zero-order valence-electron chi connectivity index (χ0n) is 10.2. The van der Waals surface area contributed by atoms with Gasteiger partial charge in [0.1, 0.15) is 0 Å². The van der Waals surface area contributed by atoms with E-state index in [9.17, 15) is 9.59 Å². The van der Waals surface area contributed by atoms with Gasteiger partial charge in [-0.1, -0.05) is 0 Å². The Bertz CT molecular complexity index is 356. The third kappa shape index (κ3) is 3.38. The number of nitrogens with zero attached hydrogens (tertiary/aromatic N) is 1. The molecule has 0 bridgehead atoms. The lowest BCUT2D eigenvalue weighted by atomic mass is 10.0. The van der Waals surface area contributed by atoms with Crippen LogP contribution < -0.4 is 5.32 Å². The number of carbonyl (C=O) groups excluding carboxylic acids is 1. The van der Waals surface area contributed by atoms with E-state index in [-0.39, 0.29) is 12.1 Å². The quantitative estimate of drug-likeness (QED) is 0.567. The second-order valence-corrected chi connectivity index (χ2v) is 4.08. The van der Waals surface area contributed by atoms with Crippen LogP contribution in [0.2, 0.25) is 0 Å². The number of likely N-dealkylation sites (tertiary alicyclic amines) is 1. The van der Waals surface area contributed by atoms with Gasteiger partial charge in [0.15, 0.2) is 0 Å². The molecule has 0 saturated carbocycles. The van der Waals surface area contributed by atoms with Gasteiger partial charge in [-0.2, -0.15) is 0 Å². The molecule has 2 unspecified atom stereocenters. The van der Waals surface area contributed by atoms with E-state index in [1.807, 2.05) is 0 Å². The Morgan fingerprint density at radius 1 is 1.53 bits per heavy atom. The Morgan fingerprint density at radius 2 is 2.24 bits per heavy atom. The molecule has 0 aliphatic carbocycles. The molecule has 2 N–H and O–H groups in total. The van der Waals surface area contributed by atoms with Gasteiger partial charge in [0.25, 0.3) is 0 Å². The Balaban J connectivity index is 2.42. The largest absolute Gasteiger partial charge is 0.481 e. The lowest BCUT2D eigenvalue weighted by Crippen LogP contribution is -2.44. The van der Waals surface area contributed by atoms with Gasteiger partial charge in [-0.05, 0) is 20.3 Å². The molecule has 0 aromatic rings. The molecule has 17 heavy (non-hydrogen) atoms. The summed E-state index contributed by atoms with van der Waals surface area (Å²) in [6.45, 7) is 4.53. The smallest absolute Gasteiger partial charge is 0.317 e. The van der Waals surface area contributed by atoms with Gasteiger partial charge >= 0.3 is 12.0 Å². The standard InChI is InChI=1S/C12H18N2O3/c1-3-4-5-7-13-12(17)14-8-6-10(9(14)2)11(15)16/h9-10H,5-8H2,1-2H3,(H,13,17)(H,15,16). The van der Waals surface area contributed by atoms with Crippen molar-refractivity contribution in [2.45, 2.75) is 32.7 Å². The zero-order valence-corrected chi connectivity index (χ0v) is 10.2. The van der Waals surface area contributed by atoms with Gasteiger partial charge < -0.3 is 15.3 Å². The van der Waals surface area contributed by atoms with E-state index in [1.54, 1.807) is 18.7 Å². The average Bonchev–Trinajstić information content (AvgIpc) is 2.66. The monoisotopic (exact) mass is 238 g/mol. The second-order valence-electron chi connectivity index (χ2n) is 4.08. The van der Waals surface area contributed by atoms with E-state index in [0.717, 1.165) is 0 Å². The first-order valence-corrected chi connectivity index (χ1v) is 5.74. The molecule has 1 aliphatic rings. The maximum atomic E-state index is 11.8. The Morgan fingerprint density at radius 3 is 2.76 bits per heavy atom. The summed E-state index contributed by atoms with van der Waals surface area (Å²) in [7, 11) is 0. The fraction of sp³-hybridized carbons (Fsp3) is 0.667. The van der Waals surface area contributed by atoms with E-state index in [4.69, 9.17) is 5.11 Å². The Hall–Kier alpha value is -1.70. The number of carboxylic acids is 1. The van der Waals surface area contributed by atoms with Crippen molar-refractivity contribution in [2.75, 3.05) is 13.1 Å². The zero-order chi connectivity index (χ0) is 12.8. The molecule has 1 aliphatic heterocycles. The van der Waals surface area contributed by atoms with Gasteiger partial charge in [-0.25, -0.2) is 4.79 Å². The SMILES string of the molecule is CC#CCCNC(=O)N1CCC(C(=O)O)C1C. The van der Waals surface area contributed by atoms with E-state index in [2.05, 4.69) is 17.2 Å². The van der Waals surface area contributed by atoms with Crippen LogP contribution in [0.3, 0.4) is 0 Å². The molecule has 0 spiro atoms. The van der Waals surface area contributed by atoms with Crippen molar-refractivity contribution in [3.63, 3.8) is 0 Å². The maximum Gasteiger partial charge on any atom is 0.317 e.